The molecule has 0 saturated carbocycles. The fourth-order valence-corrected chi connectivity index (χ4v) is 3.24. The molecule has 0 aromatic carbocycles. The van der Waals surface area contributed by atoms with Gasteiger partial charge in [-0.15, -0.1) is 0 Å². The Bertz CT molecular complexity index is 592. The van der Waals surface area contributed by atoms with Crippen LogP contribution in [0.4, 0.5) is 4.39 Å². The summed E-state index contributed by atoms with van der Waals surface area (Å²) in [5.41, 5.74) is -1.20. The summed E-state index contributed by atoms with van der Waals surface area (Å²) in [5, 5.41) is 0. The number of amides is 2. The van der Waals surface area contributed by atoms with Gasteiger partial charge in [-0.1, -0.05) is 6.07 Å². The largest absolute Gasteiger partial charge is 0.378 e. The third-order valence-corrected chi connectivity index (χ3v) is 4.55. The van der Waals surface area contributed by atoms with E-state index in [9.17, 15) is 9.59 Å². The van der Waals surface area contributed by atoms with Crippen molar-refractivity contribution in [1.82, 2.24) is 14.8 Å². The van der Waals surface area contributed by atoms with Crippen molar-refractivity contribution < 1.29 is 18.7 Å². The quantitative estimate of drug-likeness (QED) is 0.820. The van der Waals surface area contributed by atoms with Crippen molar-refractivity contribution >= 4 is 11.8 Å². The Hall–Kier alpha value is -2.02. The minimum absolute atomic E-state index is 0.164. The maximum atomic E-state index is 15.3. The van der Waals surface area contributed by atoms with Crippen LogP contribution in [0.25, 0.3) is 0 Å². The highest BCUT2D eigenvalue weighted by atomic mass is 19.1. The van der Waals surface area contributed by atoms with Crippen molar-refractivity contribution in [2.45, 2.75) is 24.9 Å². The first-order valence-electron chi connectivity index (χ1n) is 8.31. The van der Waals surface area contributed by atoms with E-state index in [1.807, 2.05) is 6.07 Å². The molecule has 0 radical (unpaired) electrons. The van der Waals surface area contributed by atoms with Crippen LogP contribution in [-0.4, -0.2) is 71.7 Å². The molecule has 1 aromatic rings. The van der Waals surface area contributed by atoms with E-state index in [0.717, 1.165) is 5.56 Å². The zero-order chi connectivity index (χ0) is 17.0. The lowest BCUT2D eigenvalue weighted by molar-refractivity contribution is -0.154. The highest BCUT2D eigenvalue weighted by molar-refractivity contribution is 5.87. The molecule has 2 saturated heterocycles. The average Bonchev–Trinajstić information content (AvgIpc) is 2.62. The second kappa shape index (κ2) is 7.25. The molecule has 7 heteroatoms. The normalized spacial score (nSPS) is 24.7. The molecule has 2 fully saturated rings. The Kier molecular flexibility index (Phi) is 5.08. The first-order chi connectivity index (χ1) is 11.6. The van der Waals surface area contributed by atoms with E-state index in [0.29, 0.717) is 39.3 Å². The Morgan fingerprint density at radius 2 is 2.04 bits per heavy atom. The molecule has 1 aromatic heterocycles. The molecule has 2 amide bonds. The summed E-state index contributed by atoms with van der Waals surface area (Å²) in [6, 6.07) is 3.58. The lowest BCUT2D eigenvalue weighted by Crippen LogP contribution is -2.58. The van der Waals surface area contributed by atoms with Gasteiger partial charge in [0, 0.05) is 32.0 Å². The van der Waals surface area contributed by atoms with Crippen molar-refractivity contribution in [3.63, 3.8) is 0 Å². The van der Waals surface area contributed by atoms with Crippen LogP contribution < -0.4 is 0 Å². The Morgan fingerprint density at radius 3 is 2.75 bits per heavy atom. The maximum Gasteiger partial charge on any atom is 0.262 e. The van der Waals surface area contributed by atoms with Crippen molar-refractivity contribution in [3.8, 4) is 0 Å². The highest BCUT2D eigenvalue weighted by Crippen LogP contribution is 2.28. The Labute approximate surface area is 140 Å². The van der Waals surface area contributed by atoms with Crippen molar-refractivity contribution in [1.29, 1.82) is 0 Å². The lowest BCUT2D eigenvalue weighted by atomic mass is 9.92. The first-order valence-corrected chi connectivity index (χ1v) is 8.31. The zero-order valence-corrected chi connectivity index (χ0v) is 13.6. The number of pyridine rings is 1. The van der Waals surface area contributed by atoms with Crippen LogP contribution in [0.1, 0.15) is 18.4 Å². The number of rotatable bonds is 3. The van der Waals surface area contributed by atoms with Gasteiger partial charge in [0.1, 0.15) is 0 Å². The SMILES string of the molecule is O=C(Cc1cccnc1)N1CCCC(F)(C(=O)N2CCOCC2)C1. The Morgan fingerprint density at radius 1 is 1.25 bits per heavy atom. The molecule has 1 atom stereocenters. The van der Waals surface area contributed by atoms with Crippen LogP contribution in [0.5, 0.6) is 0 Å². The fourth-order valence-electron chi connectivity index (χ4n) is 3.24. The molecule has 0 aliphatic carbocycles. The number of hydrogen-bond donors (Lipinski definition) is 0. The minimum atomic E-state index is -1.99. The molecular formula is C17H22FN3O3. The Balaban J connectivity index is 1.64. The number of morpholine rings is 1. The predicted molar refractivity (Wildman–Crippen MR) is 85.0 cm³/mol. The van der Waals surface area contributed by atoms with Gasteiger partial charge in [0.15, 0.2) is 0 Å². The average molecular weight is 335 g/mol. The van der Waals surface area contributed by atoms with E-state index in [1.165, 1.54) is 9.80 Å². The van der Waals surface area contributed by atoms with Gasteiger partial charge < -0.3 is 14.5 Å². The van der Waals surface area contributed by atoms with Crippen LogP contribution in [0, 0.1) is 0 Å². The standard InChI is InChI=1S/C17H22FN3O3/c18-17(16(23)20-7-9-24-10-8-20)4-2-6-21(13-17)15(22)11-14-3-1-5-19-12-14/h1,3,5,12H,2,4,6-11,13H2. The lowest BCUT2D eigenvalue weighted by Gasteiger charge is -2.40. The van der Waals surface area contributed by atoms with Gasteiger partial charge in [0.05, 0.1) is 26.2 Å². The third-order valence-electron chi connectivity index (χ3n) is 4.55. The van der Waals surface area contributed by atoms with E-state index in [1.54, 1.807) is 18.5 Å². The molecule has 6 nitrogen and oxygen atoms in total. The van der Waals surface area contributed by atoms with Gasteiger partial charge in [0.2, 0.25) is 11.6 Å². The van der Waals surface area contributed by atoms with Gasteiger partial charge >= 0.3 is 0 Å². The number of likely N-dealkylation sites (tertiary alicyclic amines) is 1. The molecule has 2 aliphatic rings. The number of carbonyl (C=O) groups excluding carboxylic acids is 2. The summed E-state index contributed by atoms with van der Waals surface area (Å²) in [6.45, 7) is 2.02. The molecule has 0 bridgehead atoms. The van der Waals surface area contributed by atoms with E-state index < -0.39 is 11.6 Å². The van der Waals surface area contributed by atoms with Gasteiger partial charge in [-0.2, -0.15) is 0 Å². The topological polar surface area (TPSA) is 62.7 Å². The molecule has 3 rings (SSSR count). The minimum Gasteiger partial charge on any atom is -0.378 e. The number of halogens is 1. The van der Waals surface area contributed by atoms with E-state index in [2.05, 4.69) is 4.98 Å². The van der Waals surface area contributed by atoms with Crippen molar-refractivity contribution in [2.75, 3.05) is 39.4 Å². The smallest absolute Gasteiger partial charge is 0.262 e. The summed E-state index contributed by atoms with van der Waals surface area (Å²) >= 11 is 0. The monoisotopic (exact) mass is 335 g/mol. The summed E-state index contributed by atoms with van der Waals surface area (Å²) in [5.74, 6) is -0.677. The number of carbonyl (C=O) groups is 2. The van der Waals surface area contributed by atoms with Gasteiger partial charge in [0.25, 0.3) is 5.91 Å². The van der Waals surface area contributed by atoms with E-state index in [4.69, 9.17) is 4.74 Å². The number of piperidine rings is 1. The fraction of sp³-hybridized carbons (Fsp3) is 0.588. The molecular weight excluding hydrogens is 313 g/mol. The van der Waals surface area contributed by atoms with Gasteiger partial charge in [-0.3, -0.25) is 14.6 Å². The van der Waals surface area contributed by atoms with Crippen LogP contribution in [-0.2, 0) is 20.7 Å². The summed E-state index contributed by atoms with van der Waals surface area (Å²) in [4.78, 5) is 32.0. The number of alkyl halides is 1. The second-order valence-electron chi connectivity index (χ2n) is 6.33. The molecule has 3 heterocycles. The van der Waals surface area contributed by atoms with Gasteiger partial charge in [-0.25, -0.2) is 4.39 Å². The van der Waals surface area contributed by atoms with E-state index in [-0.39, 0.29) is 25.3 Å². The number of nitrogens with zero attached hydrogens (tertiary/aromatic N) is 3. The maximum absolute atomic E-state index is 15.3. The van der Waals surface area contributed by atoms with Crippen molar-refractivity contribution in [2.24, 2.45) is 0 Å². The molecule has 0 N–H and O–H groups in total. The number of aromatic nitrogens is 1. The van der Waals surface area contributed by atoms with Crippen LogP contribution >= 0.6 is 0 Å². The third kappa shape index (κ3) is 3.72. The van der Waals surface area contributed by atoms with Gasteiger partial charge in [-0.05, 0) is 24.5 Å². The molecule has 130 valence electrons. The van der Waals surface area contributed by atoms with Crippen molar-refractivity contribution in [3.05, 3.63) is 30.1 Å². The first kappa shape index (κ1) is 16.8. The second-order valence-corrected chi connectivity index (χ2v) is 6.33. The molecule has 24 heavy (non-hydrogen) atoms. The summed E-state index contributed by atoms with van der Waals surface area (Å²) in [7, 11) is 0. The van der Waals surface area contributed by atoms with Crippen LogP contribution in [0.2, 0.25) is 0 Å². The summed E-state index contributed by atoms with van der Waals surface area (Å²) in [6.07, 6.45) is 4.10. The number of ether oxygens (including phenoxy) is 1. The van der Waals surface area contributed by atoms with Crippen LogP contribution in [0.15, 0.2) is 24.5 Å². The molecule has 0 spiro atoms. The van der Waals surface area contributed by atoms with Crippen LogP contribution in [0.3, 0.4) is 0 Å². The molecule has 2 aliphatic heterocycles. The van der Waals surface area contributed by atoms with E-state index >= 15 is 4.39 Å². The summed E-state index contributed by atoms with van der Waals surface area (Å²) < 4.78 is 20.5. The molecule has 1 unspecified atom stereocenters. The number of hydrogen-bond acceptors (Lipinski definition) is 4. The highest BCUT2D eigenvalue weighted by Gasteiger charge is 2.46. The zero-order valence-electron chi connectivity index (χ0n) is 13.6. The predicted octanol–water partition coefficient (Wildman–Crippen LogP) is 0.814.